The van der Waals surface area contributed by atoms with Gasteiger partial charge in [0.2, 0.25) is 0 Å². The SMILES string of the molecule is CC(SCC(O)CSc1cc(C(C)(C)C)c(O)c(C(C)(C)C)c1)C(=O)O. The summed E-state index contributed by atoms with van der Waals surface area (Å²) in [5.41, 5.74) is 1.42. The van der Waals surface area contributed by atoms with Crippen molar-refractivity contribution in [1.29, 1.82) is 0 Å². The fourth-order valence-electron chi connectivity index (χ4n) is 2.40. The first kappa shape index (κ1) is 23.2. The van der Waals surface area contributed by atoms with E-state index in [9.17, 15) is 15.0 Å². The maximum atomic E-state index is 10.9. The molecule has 6 heteroatoms. The molecule has 0 aliphatic rings. The minimum atomic E-state index is -0.863. The van der Waals surface area contributed by atoms with Crippen LogP contribution in [-0.2, 0) is 15.6 Å². The minimum absolute atomic E-state index is 0.188. The number of hydrogen-bond acceptors (Lipinski definition) is 5. The van der Waals surface area contributed by atoms with Gasteiger partial charge >= 0.3 is 5.97 Å². The van der Waals surface area contributed by atoms with Gasteiger partial charge in [-0.1, -0.05) is 41.5 Å². The van der Waals surface area contributed by atoms with Crippen molar-refractivity contribution in [2.24, 2.45) is 0 Å². The lowest BCUT2D eigenvalue weighted by Gasteiger charge is -2.28. The number of carboxylic acid groups (broad SMARTS) is 1. The van der Waals surface area contributed by atoms with Gasteiger partial charge in [-0.05, 0) is 29.9 Å². The molecule has 2 unspecified atom stereocenters. The van der Waals surface area contributed by atoms with E-state index in [1.807, 2.05) is 12.1 Å². The largest absolute Gasteiger partial charge is 0.507 e. The number of benzene rings is 1. The van der Waals surface area contributed by atoms with Gasteiger partial charge in [-0.3, -0.25) is 4.79 Å². The summed E-state index contributed by atoms with van der Waals surface area (Å²) >= 11 is 2.78. The summed E-state index contributed by atoms with van der Waals surface area (Å²) in [6.07, 6.45) is -0.586. The number of hydrogen-bond donors (Lipinski definition) is 3. The van der Waals surface area contributed by atoms with Gasteiger partial charge in [-0.25, -0.2) is 0 Å². The van der Waals surface area contributed by atoms with Gasteiger partial charge < -0.3 is 15.3 Å². The van der Waals surface area contributed by atoms with Crippen LogP contribution in [-0.4, -0.2) is 44.1 Å². The first-order valence-corrected chi connectivity index (χ1v) is 10.8. The molecule has 2 atom stereocenters. The van der Waals surface area contributed by atoms with Crippen molar-refractivity contribution in [1.82, 2.24) is 0 Å². The van der Waals surface area contributed by atoms with Gasteiger partial charge in [-0.15, -0.1) is 23.5 Å². The van der Waals surface area contributed by atoms with Crippen LogP contribution < -0.4 is 0 Å². The number of aliphatic hydroxyl groups is 1. The summed E-state index contributed by atoms with van der Waals surface area (Å²) in [6.45, 7) is 14.0. The van der Waals surface area contributed by atoms with E-state index < -0.39 is 17.3 Å². The molecule has 3 N–H and O–H groups in total. The Bertz CT molecular complexity index is 595. The van der Waals surface area contributed by atoms with Crippen LogP contribution in [0.2, 0.25) is 0 Å². The van der Waals surface area contributed by atoms with Crippen molar-refractivity contribution < 1.29 is 20.1 Å². The monoisotopic (exact) mass is 400 g/mol. The summed E-state index contributed by atoms with van der Waals surface area (Å²) in [5.74, 6) is 0.354. The highest BCUT2D eigenvalue weighted by molar-refractivity contribution is 8.01. The van der Waals surface area contributed by atoms with Crippen molar-refractivity contribution in [3.05, 3.63) is 23.3 Å². The predicted octanol–water partition coefficient (Wildman–Crippen LogP) is 4.65. The third-order valence-electron chi connectivity index (χ3n) is 4.03. The minimum Gasteiger partial charge on any atom is -0.507 e. The maximum absolute atomic E-state index is 10.9. The zero-order valence-electron chi connectivity index (χ0n) is 16.8. The van der Waals surface area contributed by atoms with Crippen LogP contribution in [0, 0.1) is 0 Å². The molecule has 0 amide bonds. The summed E-state index contributed by atoms with van der Waals surface area (Å²) < 4.78 is 0. The average molecular weight is 401 g/mol. The van der Waals surface area contributed by atoms with Crippen LogP contribution in [0.25, 0.3) is 0 Å². The smallest absolute Gasteiger partial charge is 0.316 e. The Balaban J connectivity index is 2.94. The predicted molar refractivity (Wildman–Crippen MR) is 112 cm³/mol. The van der Waals surface area contributed by atoms with E-state index >= 15 is 0 Å². The van der Waals surface area contributed by atoms with Gasteiger partial charge in [0.25, 0.3) is 0 Å². The van der Waals surface area contributed by atoms with Gasteiger partial charge in [0, 0.05) is 27.5 Å². The second-order valence-electron chi connectivity index (χ2n) is 8.65. The molecular formula is C20H32O4S2. The maximum Gasteiger partial charge on any atom is 0.316 e. The van der Waals surface area contributed by atoms with Gasteiger partial charge in [0.1, 0.15) is 5.75 Å². The first-order chi connectivity index (χ1) is 11.7. The number of aliphatic hydroxyl groups excluding tert-OH is 1. The lowest BCUT2D eigenvalue weighted by atomic mass is 9.79. The number of carboxylic acids is 1. The van der Waals surface area contributed by atoms with E-state index in [2.05, 4.69) is 41.5 Å². The van der Waals surface area contributed by atoms with Crippen LogP contribution in [0.4, 0.5) is 0 Å². The molecule has 0 saturated heterocycles. The lowest BCUT2D eigenvalue weighted by molar-refractivity contribution is -0.136. The Morgan fingerprint density at radius 3 is 1.88 bits per heavy atom. The average Bonchev–Trinajstić information content (AvgIpc) is 2.48. The molecule has 0 saturated carbocycles. The van der Waals surface area contributed by atoms with E-state index in [4.69, 9.17) is 5.11 Å². The topological polar surface area (TPSA) is 77.8 Å². The van der Waals surface area contributed by atoms with E-state index in [0.29, 0.717) is 17.3 Å². The number of aliphatic carboxylic acids is 1. The second kappa shape index (κ2) is 8.89. The van der Waals surface area contributed by atoms with Crippen LogP contribution in [0.1, 0.15) is 59.6 Å². The molecule has 0 fully saturated rings. The molecule has 0 radical (unpaired) electrons. The number of rotatable bonds is 7. The van der Waals surface area contributed by atoms with Gasteiger partial charge in [-0.2, -0.15) is 0 Å². The van der Waals surface area contributed by atoms with Crippen LogP contribution >= 0.6 is 23.5 Å². The molecular weight excluding hydrogens is 368 g/mol. The molecule has 4 nitrogen and oxygen atoms in total. The summed E-state index contributed by atoms with van der Waals surface area (Å²) in [4.78, 5) is 11.9. The normalized spacial score (nSPS) is 14.9. The van der Waals surface area contributed by atoms with Gasteiger partial charge in [0.15, 0.2) is 0 Å². The van der Waals surface area contributed by atoms with Crippen molar-refractivity contribution in [2.45, 2.75) is 75.5 Å². The number of phenols is 1. The molecule has 0 aliphatic carbocycles. The van der Waals surface area contributed by atoms with Crippen molar-refractivity contribution in [3.8, 4) is 5.75 Å². The Hall–Kier alpha value is -0.850. The standard InChI is InChI=1S/C20H32O4S2/c1-12(18(23)24)25-10-13(21)11-26-14-8-15(19(2,3)4)17(22)16(9-14)20(5,6)7/h8-9,12-13,21-22H,10-11H2,1-7H3,(H,23,24). The highest BCUT2D eigenvalue weighted by Crippen LogP contribution is 2.41. The molecule has 1 aromatic rings. The fourth-order valence-corrected chi connectivity index (χ4v) is 4.23. The zero-order chi connectivity index (χ0) is 20.3. The van der Waals surface area contributed by atoms with Crippen LogP contribution in [0.5, 0.6) is 5.75 Å². The highest BCUT2D eigenvalue weighted by atomic mass is 32.2. The summed E-state index contributed by atoms with van der Waals surface area (Å²) in [6, 6.07) is 3.99. The van der Waals surface area contributed by atoms with E-state index in [1.54, 1.807) is 6.92 Å². The number of aromatic hydroxyl groups is 1. The summed E-state index contributed by atoms with van der Waals surface area (Å²) in [5, 5.41) is 29.3. The third kappa shape index (κ3) is 6.71. The Kier molecular flexibility index (Phi) is 7.93. The Morgan fingerprint density at radius 1 is 1.04 bits per heavy atom. The molecule has 0 aromatic heterocycles. The molecule has 0 heterocycles. The zero-order valence-corrected chi connectivity index (χ0v) is 18.4. The lowest BCUT2D eigenvalue weighted by Crippen LogP contribution is -2.19. The Morgan fingerprint density at radius 2 is 1.50 bits per heavy atom. The molecule has 0 bridgehead atoms. The molecule has 148 valence electrons. The molecule has 1 aromatic carbocycles. The highest BCUT2D eigenvalue weighted by Gasteiger charge is 2.26. The first-order valence-electron chi connectivity index (χ1n) is 8.76. The van der Waals surface area contributed by atoms with Crippen molar-refractivity contribution in [3.63, 3.8) is 0 Å². The molecule has 0 aliphatic heterocycles. The number of carbonyl (C=O) groups is 1. The van der Waals surface area contributed by atoms with E-state index in [0.717, 1.165) is 16.0 Å². The van der Waals surface area contributed by atoms with Crippen LogP contribution in [0.3, 0.4) is 0 Å². The van der Waals surface area contributed by atoms with E-state index in [-0.39, 0.29) is 10.8 Å². The fraction of sp³-hybridized carbons (Fsp3) is 0.650. The van der Waals surface area contributed by atoms with Crippen LogP contribution in [0.15, 0.2) is 17.0 Å². The van der Waals surface area contributed by atoms with Gasteiger partial charge in [0.05, 0.1) is 11.4 Å². The Labute approximate surface area is 165 Å². The van der Waals surface area contributed by atoms with Crippen molar-refractivity contribution >= 4 is 29.5 Å². The third-order valence-corrected chi connectivity index (χ3v) is 6.43. The van der Waals surface area contributed by atoms with Crippen molar-refractivity contribution in [2.75, 3.05) is 11.5 Å². The molecule has 0 spiro atoms. The number of phenolic OH excluding ortho intramolecular Hbond substituents is 1. The molecule has 1 rings (SSSR count). The second-order valence-corrected chi connectivity index (χ2v) is 11.1. The molecule has 26 heavy (non-hydrogen) atoms. The quantitative estimate of drug-likeness (QED) is 0.579. The number of thioether (sulfide) groups is 2. The summed E-state index contributed by atoms with van der Waals surface area (Å²) in [7, 11) is 0. The van der Waals surface area contributed by atoms with E-state index in [1.165, 1.54) is 23.5 Å².